The van der Waals surface area contributed by atoms with Gasteiger partial charge in [-0.3, -0.25) is 4.98 Å². The third kappa shape index (κ3) is 2.34. The van der Waals surface area contributed by atoms with Crippen molar-refractivity contribution in [1.82, 2.24) is 4.98 Å². The molecule has 5 heteroatoms. The van der Waals surface area contributed by atoms with Crippen LogP contribution in [0.3, 0.4) is 0 Å². The van der Waals surface area contributed by atoms with Crippen LogP contribution in [0.5, 0.6) is 0 Å². The van der Waals surface area contributed by atoms with Gasteiger partial charge in [0, 0.05) is 17.1 Å². The van der Waals surface area contributed by atoms with Crippen LogP contribution < -0.4 is 0 Å². The third-order valence-corrected chi connectivity index (χ3v) is 3.54. The Labute approximate surface area is 124 Å². The number of hydrogen-bond donors (Lipinski definition) is 1. The number of nitrogens with zero attached hydrogens (tertiary/aromatic N) is 1. The second-order valence-corrected chi connectivity index (χ2v) is 4.90. The molecular formula is C16H9ClFNO2. The Kier molecular flexibility index (Phi) is 3.31. The molecule has 0 aliphatic heterocycles. The molecule has 0 saturated carbocycles. The van der Waals surface area contributed by atoms with Crippen molar-refractivity contribution in [3.05, 3.63) is 65.1 Å². The van der Waals surface area contributed by atoms with Gasteiger partial charge < -0.3 is 5.11 Å². The number of carboxylic acid groups (broad SMARTS) is 1. The predicted octanol–water partition coefficient (Wildman–Crippen LogP) is 4.39. The highest BCUT2D eigenvalue weighted by molar-refractivity contribution is 6.33. The van der Waals surface area contributed by atoms with Gasteiger partial charge in [0.25, 0.3) is 0 Å². The molecule has 1 aromatic heterocycles. The van der Waals surface area contributed by atoms with Crippen molar-refractivity contribution in [3.63, 3.8) is 0 Å². The first-order valence-electron chi connectivity index (χ1n) is 6.14. The lowest BCUT2D eigenvalue weighted by atomic mass is 9.99. The standard InChI is InChI=1S/C16H9ClFNO2/c17-12-2-1-3-13(18)15(12)10-6-7-19-14-5-4-9(16(20)21)8-11(10)14/h1-8H,(H,20,21). The van der Waals surface area contributed by atoms with Crippen molar-refractivity contribution in [3.8, 4) is 11.1 Å². The Morgan fingerprint density at radius 2 is 2.00 bits per heavy atom. The number of carbonyl (C=O) groups is 1. The third-order valence-electron chi connectivity index (χ3n) is 3.22. The minimum atomic E-state index is -1.05. The molecule has 0 atom stereocenters. The molecule has 1 N–H and O–H groups in total. The van der Waals surface area contributed by atoms with Gasteiger partial charge in [-0.25, -0.2) is 9.18 Å². The molecular weight excluding hydrogens is 293 g/mol. The first-order valence-corrected chi connectivity index (χ1v) is 6.52. The van der Waals surface area contributed by atoms with Crippen molar-refractivity contribution in [2.45, 2.75) is 0 Å². The van der Waals surface area contributed by atoms with E-state index in [1.165, 1.54) is 24.3 Å². The Morgan fingerprint density at radius 3 is 2.71 bits per heavy atom. The number of pyridine rings is 1. The molecule has 0 amide bonds. The number of carboxylic acids is 1. The summed E-state index contributed by atoms with van der Waals surface area (Å²) in [6.45, 7) is 0. The van der Waals surface area contributed by atoms with E-state index in [4.69, 9.17) is 16.7 Å². The van der Waals surface area contributed by atoms with E-state index in [2.05, 4.69) is 4.98 Å². The van der Waals surface area contributed by atoms with Gasteiger partial charge in [0.1, 0.15) is 5.82 Å². The SMILES string of the molecule is O=C(O)c1ccc2nccc(-c3c(F)cccc3Cl)c2c1. The fourth-order valence-corrected chi connectivity index (χ4v) is 2.52. The first-order chi connectivity index (χ1) is 10.1. The maximum Gasteiger partial charge on any atom is 0.335 e. The zero-order valence-corrected chi connectivity index (χ0v) is 11.4. The number of benzene rings is 2. The number of fused-ring (bicyclic) bond motifs is 1. The van der Waals surface area contributed by atoms with E-state index in [9.17, 15) is 9.18 Å². The normalized spacial score (nSPS) is 10.8. The maximum atomic E-state index is 14.1. The first kappa shape index (κ1) is 13.5. The van der Waals surface area contributed by atoms with E-state index in [1.54, 1.807) is 24.4 Å². The Bertz CT molecular complexity index is 844. The molecule has 2 aromatic carbocycles. The topological polar surface area (TPSA) is 50.2 Å². The monoisotopic (exact) mass is 301 g/mol. The van der Waals surface area contributed by atoms with Gasteiger partial charge >= 0.3 is 5.97 Å². The second-order valence-electron chi connectivity index (χ2n) is 4.49. The molecule has 3 rings (SSSR count). The molecule has 0 unspecified atom stereocenters. The molecule has 0 saturated heterocycles. The zero-order chi connectivity index (χ0) is 15.0. The highest BCUT2D eigenvalue weighted by Gasteiger charge is 2.14. The van der Waals surface area contributed by atoms with E-state index in [0.717, 1.165) is 0 Å². The average molecular weight is 302 g/mol. The largest absolute Gasteiger partial charge is 0.478 e. The lowest BCUT2D eigenvalue weighted by Crippen LogP contribution is -1.97. The second kappa shape index (κ2) is 5.14. The molecule has 0 fully saturated rings. The number of halogens is 2. The number of rotatable bonds is 2. The Morgan fingerprint density at radius 1 is 1.19 bits per heavy atom. The highest BCUT2D eigenvalue weighted by atomic mass is 35.5. The van der Waals surface area contributed by atoms with E-state index < -0.39 is 11.8 Å². The van der Waals surface area contributed by atoms with Crippen LogP contribution in [0.2, 0.25) is 5.02 Å². The molecule has 0 aliphatic carbocycles. The summed E-state index contributed by atoms with van der Waals surface area (Å²) in [5.41, 5.74) is 1.46. The molecule has 3 nitrogen and oxygen atoms in total. The van der Waals surface area contributed by atoms with Gasteiger partial charge in [-0.15, -0.1) is 0 Å². The number of hydrogen-bond acceptors (Lipinski definition) is 2. The lowest BCUT2D eigenvalue weighted by Gasteiger charge is -2.10. The molecule has 0 aliphatic rings. The van der Waals surface area contributed by atoms with Crippen molar-refractivity contribution < 1.29 is 14.3 Å². The molecule has 3 aromatic rings. The summed E-state index contributed by atoms with van der Waals surface area (Å²) in [6, 6.07) is 10.6. The van der Waals surface area contributed by atoms with Crippen LogP contribution in [0.4, 0.5) is 4.39 Å². The lowest BCUT2D eigenvalue weighted by molar-refractivity contribution is 0.0697. The van der Waals surface area contributed by atoms with Gasteiger partial charge in [0.2, 0.25) is 0 Å². The molecule has 21 heavy (non-hydrogen) atoms. The summed E-state index contributed by atoms with van der Waals surface area (Å²) in [4.78, 5) is 15.3. The highest BCUT2D eigenvalue weighted by Crippen LogP contribution is 2.35. The fourth-order valence-electron chi connectivity index (χ4n) is 2.25. The Balaban J connectivity index is 2.37. The quantitative estimate of drug-likeness (QED) is 0.763. The molecule has 1 heterocycles. The van der Waals surface area contributed by atoms with E-state index in [0.29, 0.717) is 16.5 Å². The number of aromatic carboxylic acids is 1. The predicted molar refractivity (Wildman–Crippen MR) is 79.1 cm³/mol. The minimum absolute atomic E-state index is 0.115. The minimum Gasteiger partial charge on any atom is -0.478 e. The van der Waals surface area contributed by atoms with E-state index in [1.807, 2.05) is 0 Å². The summed E-state index contributed by atoms with van der Waals surface area (Å²) in [7, 11) is 0. The molecule has 0 spiro atoms. The van der Waals surface area contributed by atoms with Crippen LogP contribution >= 0.6 is 11.6 Å². The van der Waals surface area contributed by atoms with Crippen LogP contribution in [0.25, 0.3) is 22.0 Å². The van der Waals surface area contributed by atoms with Gasteiger partial charge in [0.15, 0.2) is 0 Å². The van der Waals surface area contributed by atoms with Crippen molar-refractivity contribution in [2.24, 2.45) is 0 Å². The maximum absolute atomic E-state index is 14.1. The Hall–Kier alpha value is -2.46. The summed E-state index contributed by atoms with van der Waals surface area (Å²) < 4.78 is 14.1. The fraction of sp³-hybridized carbons (Fsp3) is 0. The van der Waals surface area contributed by atoms with Crippen molar-refractivity contribution in [1.29, 1.82) is 0 Å². The van der Waals surface area contributed by atoms with Gasteiger partial charge in [-0.05, 0) is 42.0 Å². The smallest absolute Gasteiger partial charge is 0.335 e. The van der Waals surface area contributed by atoms with Crippen molar-refractivity contribution in [2.75, 3.05) is 0 Å². The molecule has 0 bridgehead atoms. The summed E-state index contributed by atoms with van der Waals surface area (Å²) in [5, 5.41) is 9.91. The van der Waals surface area contributed by atoms with Crippen LogP contribution in [0.15, 0.2) is 48.7 Å². The summed E-state index contributed by atoms with van der Waals surface area (Å²) in [5.74, 6) is -1.51. The van der Waals surface area contributed by atoms with Crippen LogP contribution in [-0.4, -0.2) is 16.1 Å². The summed E-state index contributed by atoms with van der Waals surface area (Å²) >= 11 is 6.09. The molecule has 104 valence electrons. The summed E-state index contributed by atoms with van der Waals surface area (Å²) in [6.07, 6.45) is 1.54. The van der Waals surface area contributed by atoms with Crippen LogP contribution in [-0.2, 0) is 0 Å². The van der Waals surface area contributed by atoms with Crippen LogP contribution in [0, 0.1) is 5.82 Å². The van der Waals surface area contributed by atoms with Gasteiger partial charge in [-0.1, -0.05) is 17.7 Å². The van der Waals surface area contributed by atoms with E-state index in [-0.39, 0.29) is 16.1 Å². The average Bonchev–Trinajstić information content (AvgIpc) is 2.46. The van der Waals surface area contributed by atoms with Gasteiger partial charge in [-0.2, -0.15) is 0 Å². The van der Waals surface area contributed by atoms with Crippen LogP contribution in [0.1, 0.15) is 10.4 Å². The van der Waals surface area contributed by atoms with Gasteiger partial charge in [0.05, 0.1) is 16.1 Å². The van der Waals surface area contributed by atoms with E-state index >= 15 is 0 Å². The zero-order valence-electron chi connectivity index (χ0n) is 10.7. The van der Waals surface area contributed by atoms with Crippen molar-refractivity contribution >= 4 is 28.5 Å². The number of aromatic nitrogens is 1. The molecule has 0 radical (unpaired) electrons.